The van der Waals surface area contributed by atoms with E-state index in [1.807, 2.05) is 78.9 Å². The Morgan fingerprint density at radius 1 is 0.946 bits per heavy atom. The number of carbonyl (C=O) groups excluding carboxylic acids is 1. The molecular weight excluding hydrogens is 462 g/mol. The summed E-state index contributed by atoms with van der Waals surface area (Å²) in [7, 11) is 0. The lowest BCUT2D eigenvalue weighted by Gasteiger charge is -2.34. The fourth-order valence-corrected chi connectivity index (χ4v) is 4.93. The summed E-state index contributed by atoms with van der Waals surface area (Å²) in [6.07, 6.45) is -0.300. The Hall–Kier alpha value is -4.63. The number of hydrogen-bond donors (Lipinski definition) is 0. The van der Waals surface area contributed by atoms with Crippen molar-refractivity contribution in [1.29, 1.82) is 5.26 Å². The molecule has 0 saturated carbocycles. The van der Waals surface area contributed by atoms with Crippen LogP contribution in [0.5, 0.6) is 0 Å². The molecule has 4 rings (SSSR count). The third-order valence-electron chi connectivity index (χ3n) is 6.42. The van der Waals surface area contributed by atoms with Gasteiger partial charge >= 0.3 is 5.97 Å². The molecule has 1 aromatic heterocycles. The van der Waals surface area contributed by atoms with Crippen molar-refractivity contribution in [3.8, 4) is 11.8 Å². The molecule has 0 unspecified atom stereocenters. The molecule has 6 heteroatoms. The van der Waals surface area contributed by atoms with E-state index in [9.17, 15) is 14.9 Å². The minimum Gasteiger partial charge on any atom is -0.462 e. The number of nitriles is 1. The molecule has 1 heterocycles. The highest BCUT2D eigenvalue weighted by molar-refractivity contribution is 5.70. The Labute approximate surface area is 216 Å². The molecule has 0 aliphatic rings. The van der Waals surface area contributed by atoms with Gasteiger partial charge in [0.05, 0.1) is 28.8 Å². The maximum absolute atomic E-state index is 14.5. The summed E-state index contributed by atoms with van der Waals surface area (Å²) in [6.45, 7) is 9.34. The molecule has 0 N–H and O–H groups in total. The number of nitrogens with zero attached hydrogens (tertiary/aromatic N) is 3. The number of rotatable bonds is 8. The number of allylic oxidation sites excluding steroid dienone is 1. The van der Waals surface area contributed by atoms with Crippen LogP contribution in [0.3, 0.4) is 0 Å². The average molecular weight is 492 g/mol. The maximum Gasteiger partial charge on any atom is 0.327 e. The lowest BCUT2D eigenvalue weighted by Crippen LogP contribution is -2.37. The van der Waals surface area contributed by atoms with Gasteiger partial charge in [-0.1, -0.05) is 85.4 Å². The Balaban J connectivity index is 2.14. The fourth-order valence-electron chi connectivity index (χ4n) is 4.93. The molecule has 0 aliphatic carbocycles. The van der Waals surface area contributed by atoms with Gasteiger partial charge in [0.2, 0.25) is 0 Å². The number of ether oxygens (including phenoxy) is 1. The van der Waals surface area contributed by atoms with Gasteiger partial charge in [-0.3, -0.25) is 14.3 Å². The first-order valence-electron chi connectivity index (χ1n) is 12.1. The van der Waals surface area contributed by atoms with E-state index in [1.54, 1.807) is 37.6 Å². The molecule has 4 aromatic rings. The molecular formula is C31H29N3O3. The molecule has 0 aliphatic heterocycles. The van der Waals surface area contributed by atoms with Crippen molar-refractivity contribution in [2.24, 2.45) is 0 Å². The van der Waals surface area contributed by atoms with Crippen molar-refractivity contribution >= 4 is 5.97 Å². The van der Waals surface area contributed by atoms with Gasteiger partial charge in [-0.25, -0.2) is 4.68 Å². The van der Waals surface area contributed by atoms with Crippen LogP contribution in [0.1, 0.15) is 36.2 Å². The van der Waals surface area contributed by atoms with Crippen LogP contribution >= 0.6 is 0 Å². The van der Waals surface area contributed by atoms with Crippen LogP contribution in [0.4, 0.5) is 0 Å². The van der Waals surface area contributed by atoms with Crippen molar-refractivity contribution in [3.05, 3.63) is 136 Å². The van der Waals surface area contributed by atoms with Gasteiger partial charge in [-0.15, -0.1) is 0 Å². The third-order valence-corrected chi connectivity index (χ3v) is 6.42. The zero-order valence-electron chi connectivity index (χ0n) is 21.2. The highest BCUT2D eigenvalue weighted by Gasteiger charge is 2.45. The molecule has 186 valence electrons. The second kappa shape index (κ2) is 10.5. The Kier molecular flexibility index (Phi) is 7.26. The van der Waals surface area contributed by atoms with Crippen molar-refractivity contribution in [1.82, 2.24) is 9.36 Å². The van der Waals surface area contributed by atoms with E-state index in [4.69, 9.17) is 4.74 Å². The SMILES string of the molecule is C=C(C#N)C(c1ccccc1)(c1ccccc1)c1c(C)n(CC(=O)OC(C)C)n(-c2ccccc2)c1=O. The topological polar surface area (TPSA) is 77.0 Å². The van der Waals surface area contributed by atoms with Gasteiger partial charge in [0.15, 0.2) is 0 Å². The number of hydrogen-bond acceptors (Lipinski definition) is 4. The lowest BCUT2D eigenvalue weighted by atomic mass is 9.65. The number of carbonyl (C=O) groups is 1. The standard InChI is InChI=1S/C31H29N3O3/c1-22(2)37-28(35)21-33-24(4)29(30(36)34(33)27-18-12-7-13-19-27)31(23(3)20-32,25-14-8-5-9-15-25)26-16-10-6-11-17-26/h5-19,22H,3,21H2,1-2,4H3. The molecule has 0 fully saturated rings. The molecule has 0 atom stereocenters. The second-order valence-electron chi connectivity index (χ2n) is 9.08. The average Bonchev–Trinajstić information content (AvgIpc) is 3.15. The van der Waals surface area contributed by atoms with Crippen molar-refractivity contribution in [2.45, 2.75) is 38.8 Å². The van der Waals surface area contributed by atoms with Gasteiger partial charge in [-0.2, -0.15) is 5.26 Å². The van der Waals surface area contributed by atoms with E-state index < -0.39 is 11.4 Å². The summed E-state index contributed by atoms with van der Waals surface area (Å²) in [5.74, 6) is -0.464. The molecule has 37 heavy (non-hydrogen) atoms. The molecule has 0 radical (unpaired) electrons. The summed E-state index contributed by atoms with van der Waals surface area (Å²) in [6, 6.07) is 30.2. The quantitative estimate of drug-likeness (QED) is 0.247. The number of benzene rings is 3. The summed E-state index contributed by atoms with van der Waals surface area (Å²) >= 11 is 0. The zero-order chi connectivity index (χ0) is 26.6. The fraction of sp³-hybridized carbons (Fsp3) is 0.194. The van der Waals surface area contributed by atoms with E-state index in [0.29, 0.717) is 16.9 Å². The minimum atomic E-state index is -1.28. The molecule has 6 nitrogen and oxygen atoms in total. The third kappa shape index (κ3) is 4.52. The summed E-state index contributed by atoms with van der Waals surface area (Å²) < 4.78 is 8.54. The van der Waals surface area contributed by atoms with Gasteiger partial charge in [0.1, 0.15) is 6.54 Å². The van der Waals surface area contributed by atoms with Crippen LogP contribution in [0.25, 0.3) is 5.69 Å². The molecule has 3 aromatic carbocycles. The molecule has 0 amide bonds. The monoisotopic (exact) mass is 491 g/mol. The van der Waals surface area contributed by atoms with Gasteiger partial charge in [0, 0.05) is 11.3 Å². The number of aromatic nitrogens is 2. The number of esters is 1. The summed E-state index contributed by atoms with van der Waals surface area (Å²) in [4.78, 5) is 27.3. The number of para-hydroxylation sites is 1. The zero-order valence-corrected chi connectivity index (χ0v) is 21.2. The molecule has 0 saturated heterocycles. The van der Waals surface area contributed by atoms with Crippen molar-refractivity contribution in [3.63, 3.8) is 0 Å². The first-order chi connectivity index (χ1) is 17.8. The lowest BCUT2D eigenvalue weighted by molar-refractivity contribution is -0.148. The first-order valence-corrected chi connectivity index (χ1v) is 12.1. The Morgan fingerprint density at radius 3 is 1.89 bits per heavy atom. The highest BCUT2D eigenvalue weighted by Crippen LogP contribution is 2.44. The normalized spacial score (nSPS) is 11.2. The van der Waals surface area contributed by atoms with Crippen molar-refractivity contribution in [2.75, 3.05) is 0 Å². The van der Waals surface area contributed by atoms with E-state index in [-0.39, 0.29) is 23.8 Å². The van der Waals surface area contributed by atoms with E-state index in [1.165, 1.54) is 4.68 Å². The predicted molar refractivity (Wildman–Crippen MR) is 144 cm³/mol. The van der Waals surface area contributed by atoms with Crippen LogP contribution in [-0.4, -0.2) is 21.4 Å². The maximum atomic E-state index is 14.5. The van der Waals surface area contributed by atoms with Gasteiger partial charge in [0.25, 0.3) is 5.56 Å². The van der Waals surface area contributed by atoms with E-state index in [2.05, 4.69) is 12.6 Å². The molecule has 0 bridgehead atoms. The van der Waals surface area contributed by atoms with Crippen molar-refractivity contribution < 1.29 is 9.53 Å². The predicted octanol–water partition coefficient (Wildman–Crippen LogP) is 5.31. The van der Waals surface area contributed by atoms with Gasteiger partial charge in [-0.05, 0) is 44.0 Å². The second-order valence-corrected chi connectivity index (χ2v) is 9.08. The van der Waals surface area contributed by atoms with E-state index in [0.717, 1.165) is 11.1 Å². The van der Waals surface area contributed by atoms with Crippen LogP contribution in [0.2, 0.25) is 0 Å². The largest absolute Gasteiger partial charge is 0.462 e. The van der Waals surface area contributed by atoms with Crippen LogP contribution in [-0.2, 0) is 21.5 Å². The Morgan fingerprint density at radius 2 is 1.43 bits per heavy atom. The van der Waals surface area contributed by atoms with Gasteiger partial charge < -0.3 is 4.74 Å². The van der Waals surface area contributed by atoms with Crippen LogP contribution in [0, 0.1) is 18.3 Å². The summed E-state index contributed by atoms with van der Waals surface area (Å²) in [5, 5.41) is 10.2. The first kappa shape index (κ1) is 25.5. The van der Waals surface area contributed by atoms with Crippen LogP contribution in [0.15, 0.2) is 108 Å². The Bertz CT molecular complexity index is 1470. The summed E-state index contributed by atoms with van der Waals surface area (Å²) in [5.41, 5.74) is 1.54. The molecule has 0 spiro atoms. The highest BCUT2D eigenvalue weighted by atomic mass is 16.5. The van der Waals surface area contributed by atoms with E-state index >= 15 is 0 Å². The smallest absolute Gasteiger partial charge is 0.327 e. The minimum absolute atomic E-state index is 0.174. The van der Waals surface area contributed by atoms with Crippen LogP contribution < -0.4 is 5.56 Å².